The van der Waals surface area contributed by atoms with Crippen LogP contribution < -0.4 is 10.1 Å². The Hall–Kier alpha value is -1.13. The van der Waals surface area contributed by atoms with Crippen LogP contribution in [0.25, 0.3) is 0 Å². The molecule has 4 nitrogen and oxygen atoms in total. The molecule has 0 aliphatic carbocycles. The third-order valence-electron chi connectivity index (χ3n) is 2.89. The van der Waals surface area contributed by atoms with E-state index in [0.29, 0.717) is 25.5 Å². The Morgan fingerprint density at radius 2 is 2.05 bits per heavy atom. The van der Waals surface area contributed by atoms with Crippen molar-refractivity contribution in [3.63, 3.8) is 0 Å². The molecule has 4 heteroatoms. The molecule has 0 atom stereocenters. The summed E-state index contributed by atoms with van der Waals surface area (Å²) in [4.78, 5) is 4.54. The van der Waals surface area contributed by atoms with Gasteiger partial charge in [-0.05, 0) is 45.4 Å². The topological polar surface area (TPSA) is 54.4 Å². The predicted octanol–water partition coefficient (Wildman–Crippen LogP) is 2.68. The highest BCUT2D eigenvalue weighted by Crippen LogP contribution is 2.18. The standard InChI is InChI=1S/C16H28N2O2/c1-12(2)10-17-11-14-15(7-6-13(3)18-14)20-9-8-16(4,5)19/h6-7,12,17,19H,8-11H2,1-5H3. The van der Waals surface area contributed by atoms with Crippen LogP contribution in [0, 0.1) is 12.8 Å². The first-order chi connectivity index (χ1) is 9.28. The first-order valence-corrected chi connectivity index (χ1v) is 7.30. The highest BCUT2D eigenvalue weighted by molar-refractivity contribution is 5.29. The largest absolute Gasteiger partial charge is 0.492 e. The monoisotopic (exact) mass is 280 g/mol. The van der Waals surface area contributed by atoms with Gasteiger partial charge in [-0.15, -0.1) is 0 Å². The van der Waals surface area contributed by atoms with Gasteiger partial charge < -0.3 is 15.2 Å². The zero-order valence-electron chi connectivity index (χ0n) is 13.4. The van der Waals surface area contributed by atoms with Crippen molar-refractivity contribution >= 4 is 0 Å². The third-order valence-corrected chi connectivity index (χ3v) is 2.89. The Bertz CT molecular complexity index is 411. The molecule has 0 fully saturated rings. The number of hydrogen-bond donors (Lipinski definition) is 2. The quantitative estimate of drug-likeness (QED) is 0.768. The zero-order chi connectivity index (χ0) is 15.2. The lowest BCUT2D eigenvalue weighted by Crippen LogP contribution is -2.23. The number of aliphatic hydroxyl groups is 1. The van der Waals surface area contributed by atoms with Gasteiger partial charge in [0.25, 0.3) is 0 Å². The maximum atomic E-state index is 9.70. The van der Waals surface area contributed by atoms with E-state index >= 15 is 0 Å². The molecule has 1 heterocycles. The molecule has 0 aliphatic heterocycles. The summed E-state index contributed by atoms with van der Waals surface area (Å²) in [5.41, 5.74) is 1.22. The van der Waals surface area contributed by atoms with E-state index in [2.05, 4.69) is 24.1 Å². The minimum absolute atomic E-state index is 0.491. The van der Waals surface area contributed by atoms with Gasteiger partial charge in [-0.2, -0.15) is 0 Å². The van der Waals surface area contributed by atoms with Crippen LogP contribution in [-0.4, -0.2) is 28.8 Å². The van der Waals surface area contributed by atoms with E-state index in [1.165, 1.54) is 0 Å². The van der Waals surface area contributed by atoms with Crippen molar-refractivity contribution in [2.75, 3.05) is 13.2 Å². The first-order valence-electron chi connectivity index (χ1n) is 7.30. The maximum absolute atomic E-state index is 9.70. The maximum Gasteiger partial charge on any atom is 0.142 e. The molecule has 20 heavy (non-hydrogen) atoms. The number of nitrogens with zero attached hydrogens (tertiary/aromatic N) is 1. The highest BCUT2D eigenvalue weighted by atomic mass is 16.5. The summed E-state index contributed by atoms with van der Waals surface area (Å²) < 4.78 is 5.76. The molecule has 1 rings (SSSR count). The van der Waals surface area contributed by atoms with E-state index in [1.807, 2.05) is 19.1 Å². The lowest BCUT2D eigenvalue weighted by molar-refractivity contribution is 0.0551. The lowest BCUT2D eigenvalue weighted by Gasteiger charge is -2.18. The predicted molar refractivity (Wildman–Crippen MR) is 81.9 cm³/mol. The molecule has 1 aromatic heterocycles. The van der Waals surface area contributed by atoms with Crippen molar-refractivity contribution in [1.82, 2.24) is 10.3 Å². The van der Waals surface area contributed by atoms with Gasteiger partial charge in [0.15, 0.2) is 0 Å². The van der Waals surface area contributed by atoms with Gasteiger partial charge >= 0.3 is 0 Å². The number of ether oxygens (including phenoxy) is 1. The number of rotatable bonds is 8. The van der Waals surface area contributed by atoms with Crippen LogP contribution in [0.15, 0.2) is 12.1 Å². The van der Waals surface area contributed by atoms with E-state index in [9.17, 15) is 5.11 Å². The second-order valence-corrected chi connectivity index (χ2v) is 6.33. The number of aromatic nitrogens is 1. The van der Waals surface area contributed by atoms with E-state index < -0.39 is 5.60 Å². The van der Waals surface area contributed by atoms with Gasteiger partial charge in [0, 0.05) is 18.7 Å². The van der Waals surface area contributed by atoms with Crippen molar-refractivity contribution in [1.29, 1.82) is 0 Å². The van der Waals surface area contributed by atoms with Crippen LogP contribution in [0.4, 0.5) is 0 Å². The second-order valence-electron chi connectivity index (χ2n) is 6.33. The second kappa shape index (κ2) is 7.60. The molecule has 0 aliphatic rings. The molecule has 114 valence electrons. The van der Waals surface area contributed by atoms with Gasteiger partial charge in [-0.3, -0.25) is 4.98 Å². The van der Waals surface area contributed by atoms with Crippen LogP contribution in [0.5, 0.6) is 5.75 Å². The molecule has 0 saturated carbocycles. The molecule has 0 radical (unpaired) electrons. The Balaban J connectivity index is 2.60. The number of aryl methyl sites for hydroxylation is 1. The summed E-state index contributed by atoms with van der Waals surface area (Å²) in [6.07, 6.45) is 0.597. The van der Waals surface area contributed by atoms with Crippen molar-refractivity contribution in [2.45, 2.75) is 53.2 Å². The fraction of sp³-hybridized carbons (Fsp3) is 0.688. The van der Waals surface area contributed by atoms with Crippen molar-refractivity contribution in [3.8, 4) is 5.75 Å². The summed E-state index contributed by atoms with van der Waals surface area (Å²) in [7, 11) is 0. The first kappa shape index (κ1) is 16.9. The summed E-state index contributed by atoms with van der Waals surface area (Å²) in [6.45, 7) is 12.1. The van der Waals surface area contributed by atoms with Crippen LogP contribution in [-0.2, 0) is 6.54 Å². The minimum atomic E-state index is -0.700. The molecule has 0 aromatic carbocycles. The molecule has 0 bridgehead atoms. The molecular formula is C16H28N2O2. The highest BCUT2D eigenvalue weighted by Gasteiger charge is 2.13. The zero-order valence-corrected chi connectivity index (χ0v) is 13.4. The Morgan fingerprint density at radius 3 is 2.65 bits per heavy atom. The van der Waals surface area contributed by atoms with Crippen molar-refractivity contribution < 1.29 is 9.84 Å². The molecule has 0 spiro atoms. The number of nitrogens with one attached hydrogen (secondary N) is 1. The number of hydrogen-bond acceptors (Lipinski definition) is 4. The third kappa shape index (κ3) is 6.87. The van der Waals surface area contributed by atoms with Crippen LogP contribution in [0.3, 0.4) is 0 Å². The van der Waals surface area contributed by atoms with E-state index in [1.54, 1.807) is 13.8 Å². The smallest absolute Gasteiger partial charge is 0.142 e. The van der Waals surface area contributed by atoms with Gasteiger partial charge in [0.2, 0.25) is 0 Å². The summed E-state index contributed by atoms with van der Waals surface area (Å²) >= 11 is 0. The molecule has 1 aromatic rings. The molecule has 0 amide bonds. The molecular weight excluding hydrogens is 252 g/mol. The minimum Gasteiger partial charge on any atom is -0.492 e. The SMILES string of the molecule is Cc1ccc(OCCC(C)(C)O)c(CNCC(C)C)n1. The Morgan fingerprint density at radius 1 is 1.35 bits per heavy atom. The van der Waals surface area contributed by atoms with Gasteiger partial charge in [0.05, 0.1) is 17.9 Å². The fourth-order valence-electron chi connectivity index (χ4n) is 1.75. The average Bonchev–Trinajstić information content (AvgIpc) is 2.30. The van der Waals surface area contributed by atoms with Gasteiger partial charge in [0.1, 0.15) is 5.75 Å². The van der Waals surface area contributed by atoms with E-state index in [-0.39, 0.29) is 0 Å². The lowest BCUT2D eigenvalue weighted by atomic mass is 10.1. The molecule has 0 unspecified atom stereocenters. The van der Waals surface area contributed by atoms with E-state index in [4.69, 9.17) is 4.74 Å². The molecule has 0 saturated heterocycles. The van der Waals surface area contributed by atoms with Gasteiger partial charge in [-0.25, -0.2) is 0 Å². The van der Waals surface area contributed by atoms with Crippen molar-refractivity contribution in [2.24, 2.45) is 5.92 Å². The summed E-state index contributed by atoms with van der Waals surface area (Å²) in [5, 5.41) is 13.1. The normalized spacial score (nSPS) is 11.9. The van der Waals surface area contributed by atoms with E-state index in [0.717, 1.165) is 23.7 Å². The summed E-state index contributed by atoms with van der Waals surface area (Å²) in [6, 6.07) is 3.91. The van der Waals surface area contributed by atoms with Crippen LogP contribution in [0.1, 0.15) is 45.5 Å². The Kier molecular flexibility index (Phi) is 6.43. The summed E-state index contributed by atoms with van der Waals surface area (Å²) in [5.74, 6) is 1.41. The van der Waals surface area contributed by atoms with Crippen LogP contribution >= 0.6 is 0 Å². The fourth-order valence-corrected chi connectivity index (χ4v) is 1.75. The molecule has 2 N–H and O–H groups in total. The average molecular weight is 280 g/mol. The van der Waals surface area contributed by atoms with Crippen LogP contribution in [0.2, 0.25) is 0 Å². The van der Waals surface area contributed by atoms with Gasteiger partial charge in [-0.1, -0.05) is 13.8 Å². The Labute approximate surface area is 122 Å². The number of pyridine rings is 1. The van der Waals surface area contributed by atoms with Crippen molar-refractivity contribution in [3.05, 3.63) is 23.5 Å².